The predicted molar refractivity (Wildman–Crippen MR) is 59.7 cm³/mol. The molecule has 0 N–H and O–H groups in total. The summed E-state index contributed by atoms with van der Waals surface area (Å²) in [6.07, 6.45) is 4.27. The SMILES string of the molecule is CCC1C(C)C(C)CCC(C)C1C. The van der Waals surface area contributed by atoms with Gasteiger partial charge in [0.15, 0.2) is 0 Å². The van der Waals surface area contributed by atoms with Crippen LogP contribution in [0, 0.1) is 29.6 Å². The number of rotatable bonds is 1. The topological polar surface area (TPSA) is 0 Å². The molecule has 1 aliphatic carbocycles. The van der Waals surface area contributed by atoms with Gasteiger partial charge in [0.1, 0.15) is 0 Å². The van der Waals surface area contributed by atoms with Crippen molar-refractivity contribution in [2.45, 2.75) is 53.9 Å². The van der Waals surface area contributed by atoms with E-state index in [0.29, 0.717) is 0 Å². The highest BCUT2D eigenvalue weighted by molar-refractivity contribution is 4.81. The van der Waals surface area contributed by atoms with Gasteiger partial charge < -0.3 is 0 Å². The maximum atomic E-state index is 2.47. The second kappa shape index (κ2) is 4.48. The van der Waals surface area contributed by atoms with E-state index in [4.69, 9.17) is 0 Å². The van der Waals surface area contributed by atoms with Crippen molar-refractivity contribution in [1.82, 2.24) is 0 Å². The van der Waals surface area contributed by atoms with Gasteiger partial charge in [-0.2, -0.15) is 0 Å². The van der Waals surface area contributed by atoms with Gasteiger partial charge >= 0.3 is 0 Å². The van der Waals surface area contributed by atoms with Crippen molar-refractivity contribution in [3.8, 4) is 0 Å². The molecule has 0 amide bonds. The van der Waals surface area contributed by atoms with Crippen LogP contribution in [0.25, 0.3) is 0 Å². The lowest BCUT2D eigenvalue weighted by molar-refractivity contribution is 0.183. The van der Waals surface area contributed by atoms with E-state index in [1.807, 2.05) is 0 Å². The molecule has 0 bridgehead atoms. The maximum absolute atomic E-state index is 2.47. The zero-order valence-electron chi connectivity index (χ0n) is 10.0. The third kappa shape index (κ3) is 2.27. The van der Waals surface area contributed by atoms with Crippen LogP contribution in [-0.2, 0) is 0 Å². The lowest BCUT2D eigenvalue weighted by Crippen LogP contribution is -2.24. The first-order chi connectivity index (χ1) is 6.07. The number of hydrogen-bond donors (Lipinski definition) is 0. The predicted octanol–water partition coefficient (Wildman–Crippen LogP) is 4.35. The van der Waals surface area contributed by atoms with Crippen LogP contribution in [0.4, 0.5) is 0 Å². The Bertz CT molecular complexity index is 134. The smallest absolute Gasteiger partial charge is 0.0360 e. The van der Waals surface area contributed by atoms with Gasteiger partial charge in [0.25, 0.3) is 0 Å². The third-order valence-electron chi connectivity index (χ3n) is 4.69. The van der Waals surface area contributed by atoms with Crippen LogP contribution in [0.2, 0.25) is 0 Å². The summed E-state index contributed by atoms with van der Waals surface area (Å²) in [4.78, 5) is 0. The summed E-state index contributed by atoms with van der Waals surface area (Å²) < 4.78 is 0. The van der Waals surface area contributed by atoms with Crippen LogP contribution in [0.3, 0.4) is 0 Å². The van der Waals surface area contributed by atoms with Crippen molar-refractivity contribution >= 4 is 0 Å². The molecule has 0 aliphatic heterocycles. The van der Waals surface area contributed by atoms with Crippen LogP contribution in [-0.4, -0.2) is 0 Å². The van der Waals surface area contributed by atoms with E-state index in [0.717, 1.165) is 29.6 Å². The Morgan fingerprint density at radius 2 is 1.23 bits per heavy atom. The highest BCUT2D eigenvalue weighted by Crippen LogP contribution is 2.40. The molecule has 1 rings (SSSR count). The fourth-order valence-electron chi connectivity index (χ4n) is 3.12. The van der Waals surface area contributed by atoms with Crippen molar-refractivity contribution < 1.29 is 0 Å². The average molecular weight is 182 g/mol. The molecular formula is C13H26. The second-order valence-corrected chi connectivity index (χ2v) is 5.32. The van der Waals surface area contributed by atoms with E-state index in [-0.39, 0.29) is 0 Å². The van der Waals surface area contributed by atoms with Gasteiger partial charge in [-0.3, -0.25) is 0 Å². The Hall–Kier alpha value is 0. The maximum Gasteiger partial charge on any atom is -0.0360 e. The molecule has 0 aromatic rings. The zero-order valence-corrected chi connectivity index (χ0v) is 10.0. The average Bonchev–Trinajstić information content (AvgIpc) is 2.20. The van der Waals surface area contributed by atoms with E-state index >= 15 is 0 Å². The van der Waals surface area contributed by atoms with Gasteiger partial charge in [-0.15, -0.1) is 0 Å². The first-order valence-electron chi connectivity index (χ1n) is 6.07. The summed E-state index contributed by atoms with van der Waals surface area (Å²) in [5.41, 5.74) is 0. The van der Waals surface area contributed by atoms with Crippen molar-refractivity contribution in [3.05, 3.63) is 0 Å². The normalized spacial score (nSPS) is 47.3. The minimum absolute atomic E-state index is 0.935. The summed E-state index contributed by atoms with van der Waals surface area (Å²) in [5, 5.41) is 0. The molecule has 78 valence electrons. The van der Waals surface area contributed by atoms with Crippen molar-refractivity contribution in [2.24, 2.45) is 29.6 Å². The van der Waals surface area contributed by atoms with E-state index in [9.17, 15) is 0 Å². The highest BCUT2D eigenvalue weighted by Gasteiger charge is 2.32. The Kier molecular flexibility index (Phi) is 3.82. The summed E-state index contributed by atoms with van der Waals surface area (Å²) >= 11 is 0. The van der Waals surface area contributed by atoms with Gasteiger partial charge in [0.05, 0.1) is 0 Å². The zero-order chi connectivity index (χ0) is 10.0. The van der Waals surface area contributed by atoms with E-state index in [1.165, 1.54) is 19.3 Å². The van der Waals surface area contributed by atoms with Gasteiger partial charge in [-0.25, -0.2) is 0 Å². The highest BCUT2D eigenvalue weighted by atomic mass is 14.4. The Morgan fingerprint density at radius 3 is 1.54 bits per heavy atom. The van der Waals surface area contributed by atoms with E-state index < -0.39 is 0 Å². The van der Waals surface area contributed by atoms with Gasteiger partial charge in [-0.05, 0) is 29.6 Å². The molecule has 0 spiro atoms. The fraction of sp³-hybridized carbons (Fsp3) is 1.00. The lowest BCUT2D eigenvalue weighted by Gasteiger charge is -2.31. The minimum Gasteiger partial charge on any atom is -0.0651 e. The number of hydrogen-bond acceptors (Lipinski definition) is 0. The molecule has 1 aliphatic rings. The molecular weight excluding hydrogens is 156 g/mol. The Morgan fingerprint density at radius 1 is 0.846 bits per heavy atom. The van der Waals surface area contributed by atoms with Crippen molar-refractivity contribution in [3.63, 3.8) is 0 Å². The summed E-state index contributed by atoms with van der Waals surface area (Å²) in [6, 6.07) is 0. The standard InChI is InChI=1S/C13H26/c1-6-13-11(4)9(2)7-8-10(3)12(13)5/h9-13H,6-8H2,1-5H3. The molecule has 0 radical (unpaired) electrons. The Labute approximate surface area is 84.1 Å². The van der Waals surface area contributed by atoms with Crippen LogP contribution in [0.15, 0.2) is 0 Å². The molecule has 0 saturated heterocycles. The van der Waals surface area contributed by atoms with Gasteiger partial charge in [-0.1, -0.05) is 53.9 Å². The van der Waals surface area contributed by atoms with Crippen molar-refractivity contribution in [1.29, 1.82) is 0 Å². The molecule has 1 saturated carbocycles. The molecule has 4 unspecified atom stereocenters. The van der Waals surface area contributed by atoms with Crippen molar-refractivity contribution in [2.75, 3.05) is 0 Å². The second-order valence-electron chi connectivity index (χ2n) is 5.32. The van der Waals surface area contributed by atoms with Gasteiger partial charge in [0, 0.05) is 0 Å². The lowest BCUT2D eigenvalue weighted by atomic mass is 9.75. The first-order valence-corrected chi connectivity index (χ1v) is 6.07. The summed E-state index contributed by atoms with van der Waals surface area (Å²) in [7, 11) is 0. The monoisotopic (exact) mass is 182 g/mol. The third-order valence-corrected chi connectivity index (χ3v) is 4.69. The Balaban J connectivity index is 2.73. The fourth-order valence-corrected chi connectivity index (χ4v) is 3.12. The largest absolute Gasteiger partial charge is 0.0651 e. The van der Waals surface area contributed by atoms with Crippen LogP contribution < -0.4 is 0 Å². The van der Waals surface area contributed by atoms with Crippen LogP contribution in [0.5, 0.6) is 0 Å². The molecule has 13 heavy (non-hydrogen) atoms. The molecule has 0 heteroatoms. The minimum atomic E-state index is 0.935. The van der Waals surface area contributed by atoms with Gasteiger partial charge in [0.2, 0.25) is 0 Å². The summed E-state index contributed by atoms with van der Waals surface area (Å²) in [6.45, 7) is 12.2. The molecule has 0 heterocycles. The molecule has 1 fully saturated rings. The summed E-state index contributed by atoms with van der Waals surface area (Å²) in [5.74, 6) is 4.72. The van der Waals surface area contributed by atoms with Crippen LogP contribution in [0.1, 0.15) is 53.9 Å². The first kappa shape index (κ1) is 11.1. The van der Waals surface area contributed by atoms with E-state index in [2.05, 4.69) is 34.6 Å². The molecule has 4 atom stereocenters. The molecule has 0 aromatic carbocycles. The van der Waals surface area contributed by atoms with E-state index in [1.54, 1.807) is 0 Å². The quantitative estimate of drug-likeness (QED) is 0.529. The van der Waals surface area contributed by atoms with Crippen LogP contribution >= 0.6 is 0 Å². The molecule has 0 aromatic heterocycles. The molecule has 0 nitrogen and oxygen atoms in total.